The van der Waals surface area contributed by atoms with E-state index in [1.54, 1.807) is 10.00 Å². The summed E-state index contributed by atoms with van der Waals surface area (Å²) in [5.41, 5.74) is -4.16. The molecule has 17 heteroatoms. The first kappa shape index (κ1) is 33.0. The van der Waals surface area contributed by atoms with Crippen LogP contribution in [0.5, 0.6) is 0 Å². The van der Waals surface area contributed by atoms with E-state index in [-0.39, 0.29) is 69.1 Å². The number of nitrogens with one attached hydrogen (secondary N) is 2. The van der Waals surface area contributed by atoms with Crippen molar-refractivity contribution in [1.29, 1.82) is 0 Å². The highest BCUT2D eigenvalue weighted by atomic mass is 19.4. The number of hydrogen-bond donors (Lipinski definition) is 2. The Labute approximate surface area is 248 Å². The van der Waals surface area contributed by atoms with Crippen molar-refractivity contribution in [3.05, 3.63) is 39.9 Å². The molecule has 2 aliphatic rings. The molecule has 2 aromatic rings. The highest BCUT2D eigenvalue weighted by Gasteiger charge is 2.45. The molecular formula is C27H33F6N7O4. The Kier molecular flexibility index (Phi) is 9.75. The Morgan fingerprint density at radius 1 is 1.14 bits per heavy atom. The van der Waals surface area contributed by atoms with Crippen molar-refractivity contribution in [1.82, 2.24) is 20.1 Å². The zero-order valence-electron chi connectivity index (χ0n) is 24.3. The molecule has 0 aromatic carbocycles. The topological polar surface area (TPSA) is 124 Å². The van der Waals surface area contributed by atoms with Gasteiger partial charge in [-0.15, -0.1) is 0 Å². The largest absolute Gasteiger partial charge is 0.423 e. The molecule has 242 valence electrons. The number of H-pyrrole nitrogens is 1. The number of halogens is 6. The Balaban J connectivity index is 1.37. The lowest BCUT2D eigenvalue weighted by atomic mass is 10.0. The Morgan fingerprint density at radius 2 is 1.86 bits per heavy atom. The SMILES string of the molecule is CC[C@@H](C)CN1C(=O)[C@H]2CN(C(=O)CCOC[C@H](C)Nc3cn[nH]c(=O)c3C(F)(F)F)CCN2c2ncc(C(F)(F)F)cc21. The number of aromatic nitrogens is 3. The number of carbonyl (C=O) groups excluding carboxylic acids is 2. The summed E-state index contributed by atoms with van der Waals surface area (Å²) in [6, 6.07) is -0.552. The minimum atomic E-state index is -4.90. The van der Waals surface area contributed by atoms with Gasteiger partial charge in [0.2, 0.25) is 5.91 Å². The van der Waals surface area contributed by atoms with E-state index in [2.05, 4.69) is 15.4 Å². The van der Waals surface area contributed by atoms with Gasteiger partial charge in [0.05, 0.1) is 49.3 Å². The van der Waals surface area contributed by atoms with Crippen LogP contribution in [0.4, 0.5) is 43.5 Å². The number of ether oxygens (including phenoxy) is 1. The summed E-state index contributed by atoms with van der Waals surface area (Å²) in [5, 5.41) is 7.70. The van der Waals surface area contributed by atoms with E-state index < -0.39 is 52.7 Å². The molecule has 0 saturated carbocycles. The molecule has 1 saturated heterocycles. The third-order valence-corrected chi connectivity index (χ3v) is 7.58. The molecule has 2 aromatic heterocycles. The maximum Gasteiger partial charge on any atom is 0.423 e. The number of anilines is 3. The van der Waals surface area contributed by atoms with Crippen molar-refractivity contribution in [3.8, 4) is 0 Å². The molecule has 2 N–H and O–H groups in total. The first-order valence-electron chi connectivity index (χ1n) is 14.0. The summed E-state index contributed by atoms with van der Waals surface area (Å²) >= 11 is 0. The highest BCUT2D eigenvalue weighted by Crippen LogP contribution is 2.40. The van der Waals surface area contributed by atoms with Crippen molar-refractivity contribution in [2.75, 3.05) is 54.5 Å². The lowest BCUT2D eigenvalue weighted by Crippen LogP contribution is -2.64. The number of piperazine rings is 1. The molecule has 0 bridgehead atoms. The van der Waals surface area contributed by atoms with E-state index in [0.717, 1.165) is 18.5 Å². The predicted molar refractivity (Wildman–Crippen MR) is 147 cm³/mol. The fraction of sp³-hybridized carbons (Fsp3) is 0.593. The molecule has 0 spiro atoms. The Bertz CT molecular complexity index is 1420. The Hall–Kier alpha value is -3.89. The summed E-state index contributed by atoms with van der Waals surface area (Å²) in [4.78, 5) is 46.8. The van der Waals surface area contributed by atoms with Crippen molar-refractivity contribution >= 4 is 29.0 Å². The molecule has 11 nitrogen and oxygen atoms in total. The minimum Gasteiger partial charge on any atom is -0.379 e. The first-order chi connectivity index (χ1) is 20.6. The van der Waals surface area contributed by atoms with Crippen LogP contribution in [0, 0.1) is 5.92 Å². The number of rotatable bonds is 10. The number of nitrogens with zero attached hydrogens (tertiary/aromatic N) is 5. The zero-order chi connectivity index (χ0) is 32.4. The number of carbonyl (C=O) groups is 2. The molecule has 4 rings (SSSR count). The number of aromatic amines is 1. The number of amides is 2. The van der Waals surface area contributed by atoms with Crippen LogP contribution < -0.4 is 20.7 Å². The van der Waals surface area contributed by atoms with Crippen LogP contribution >= 0.6 is 0 Å². The molecule has 1 fully saturated rings. The van der Waals surface area contributed by atoms with Gasteiger partial charge in [-0.1, -0.05) is 20.3 Å². The maximum atomic E-state index is 13.6. The molecule has 2 aliphatic heterocycles. The van der Waals surface area contributed by atoms with Crippen LogP contribution in [-0.4, -0.2) is 83.4 Å². The van der Waals surface area contributed by atoms with Crippen LogP contribution in [0.1, 0.15) is 44.7 Å². The van der Waals surface area contributed by atoms with Crippen molar-refractivity contribution in [2.45, 2.75) is 58.0 Å². The van der Waals surface area contributed by atoms with Gasteiger partial charge >= 0.3 is 12.4 Å². The van der Waals surface area contributed by atoms with E-state index >= 15 is 0 Å². The number of pyridine rings is 1. The summed E-state index contributed by atoms with van der Waals surface area (Å²) in [6.45, 7) is 5.77. The molecular weight excluding hydrogens is 600 g/mol. The van der Waals surface area contributed by atoms with Crippen LogP contribution in [-0.2, 0) is 26.7 Å². The lowest BCUT2D eigenvalue weighted by molar-refractivity contribution is -0.138. The fourth-order valence-electron chi connectivity index (χ4n) is 5.10. The van der Waals surface area contributed by atoms with E-state index in [0.29, 0.717) is 6.42 Å². The fourth-order valence-corrected chi connectivity index (χ4v) is 5.10. The highest BCUT2D eigenvalue weighted by molar-refractivity contribution is 6.05. The van der Waals surface area contributed by atoms with E-state index in [4.69, 9.17) is 4.74 Å². The predicted octanol–water partition coefficient (Wildman–Crippen LogP) is 3.52. The van der Waals surface area contributed by atoms with Gasteiger partial charge in [0.15, 0.2) is 5.82 Å². The lowest BCUT2D eigenvalue weighted by Gasteiger charge is -2.47. The Morgan fingerprint density at radius 3 is 2.52 bits per heavy atom. The van der Waals surface area contributed by atoms with E-state index in [9.17, 15) is 40.7 Å². The molecule has 4 heterocycles. The molecule has 44 heavy (non-hydrogen) atoms. The molecule has 0 aliphatic carbocycles. The van der Waals surface area contributed by atoms with Gasteiger partial charge in [0.1, 0.15) is 11.6 Å². The van der Waals surface area contributed by atoms with Gasteiger partial charge in [0.25, 0.3) is 11.5 Å². The van der Waals surface area contributed by atoms with Crippen LogP contribution in [0.3, 0.4) is 0 Å². The van der Waals surface area contributed by atoms with Gasteiger partial charge in [0, 0.05) is 31.9 Å². The average Bonchev–Trinajstić information content (AvgIpc) is 2.95. The number of fused-ring (bicyclic) bond motifs is 3. The minimum absolute atomic E-state index is 0.00198. The molecule has 3 atom stereocenters. The standard InChI is InChI=1S/C27H33F6N7O4/c1-4-15(2)12-40-19-9-17(26(28,29)30)10-34-23(19)39-7-6-38(13-20(39)25(40)43)21(41)5-8-44-14-16(3)36-18-11-35-37-24(42)22(18)27(31,32)33/h9-11,15-16,20H,4-8,12-14H2,1-3H3,(H2,36,37,42)/t15-,16+,20-/m1/s1. The summed E-state index contributed by atoms with van der Waals surface area (Å²) in [7, 11) is 0. The molecule has 0 radical (unpaired) electrons. The average molecular weight is 634 g/mol. The normalized spacial score (nSPS) is 18.5. The van der Waals surface area contributed by atoms with Gasteiger partial charge in [-0.2, -0.15) is 31.4 Å². The van der Waals surface area contributed by atoms with Crippen LogP contribution in [0.15, 0.2) is 23.3 Å². The smallest absolute Gasteiger partial charge is 0.379 e. The van der Waals surface area contributed by atoms with Gasteiger partial charge in [-0.25, -0.2) is 10.1 Å². The number of hydrogen-bond acceptors (Lipinski definition) is 8. The van der Waals surface area contributed by atoms with Gasteiger partial charge in [-0.3, -0.25) is 14.4 Å². The quantitative estimate of drug-likeness (QED) is 0.301. The summed E-state index contributed by atoms with van der Waals surface area (Å²) < 4.78 is 85.6. The number of alkyl halides is 6. The second-order valence-electron chi connectivity index (χ2n) is 10.9. The molecule has 2 amide bonds. The van der Waals surface area contributed by atoms with Crippen molar-refractivity contribution in [2.24, 2.45) is 5.92 Å². The third-order valence-electron chi connectivity index (χ3n) is 7.58. The van der Waals surface area contributed by atoms with Crippen LogP contribution in [0.2, 0.25) is 0 Å². The summed E-state index contributed by atoms with van der Waals surface area (Å²) in [5.74, 6) is -0.481. The second kappa shape index (κ2) is 13.0. The monoisotopic (exact) mass is 633 g/mol. The van der Waals surface area contributed by atoms with E-state index in [1.165, 1.54) is 16.7 Å². The van der Waals surface area contributed by atoms with Gasteiger partial charge in [-0.05, 0) is 18.9 Å². The molecule has 0 unspecified atom stereocenters. The first-order valence-corrected chi connectivity index (χ1v) is 14.0. The second-order valence-corrected chi connectivity index (χ2v) is 10.9. The maximum absolute atomic E-state index is 13.6. The summed E-state index contributed by atoms with van der Waals surface area (Å²) in [6.07, 6.45) is -7.31. The zero-order valence-corrected chi connectivity index (χ0v) is 24.3. The van der Waals surface area contributed by atoms with Crippen molar-refractivity contribution < 1.29 is 40.7 Å². The third kappa shape index (κ3) is 7.25. The van der Waals surface area contributed by atoms with Crippen molar-refractivity contribution in [3.63, 3.8) is 0 Å². The van der Waals surface area contributed by atoms with Gasteiger partial charge < -0.3 is 24.8 Å². The van der Waals surface area contributed by atoms with Crippen LogP contribution in [0.25, 0.3) is 0 Å². The van der Waals surface area contributed by atoms with E-state index in [1.807, 2.05) is 13.8 Å².